The molecule has 0 aliphatic rings. The van der Waals surface area contributed by atoms with Gasteiger partial charge in [0.1, 0.15) is 5.75 Å². The molecule has 1 nitrogen and oxygen atoms in total. The summed E-state index contributed by atoms with van der Waals surface area (Å²) in [5, 5.41) is 0.405. The summed E-state index contributed by atoms with van der Waals surface area (Å²) in [6, 6.07) is 11.4. The Morgan fingerprint density at radius 3 is 2.20 bits per heavy atom. The third-order valence-electron chi connectivity index (χ3n) is 2.79. The third kappa shape index (κ3) is 3.70. The van der Waals surface area contributed by atoms with Gasteiger partial charge >= 0.3 is 0 Å². The number of ether oxygens (including phenoxy) is 1. The van der Waals surface area contributed by atoms with Gasteiger partial charge in [0.25, 0.3) is 0 Å². The molecule has 0 radical (unpaired) electrons. The molecule has 2 rings (SSSR count). The van der Waals surface area contributed by atoms with Crippen LogP contribution in [0.15, 0.2) is 45.3 Å². The van der Waals surface area contributed by atoms with Crippen molar-refractivity contribution in [3.05, 3.63) is 61.5 Å². The first-order valence-electron chi connectivity index (χ1n) is 6.04. The summed E-state index contributed by atoms with van der Waals surface area (Å²) in [5.74, 6) is 0.821. The van der Waals surface area contributed by atoms with Crippen molar-refractivity contribution in [2.45, 2.75) is 12.3 Å². The van der Waals surface area contributed by atoms with E-state index in [1.54, 1.807) is 0 Å². The highest BCUT2D eigenvalue weighted by molar-refractivity contribution is 9.10. The zero-order chi connectivity index (χ0) is 14.7. The maximum Gasteiger partial charge on any atom is 0.120 e. The lowest BCUT2D eigenvalue weighted by atomic mass is 10.0. The van der Waals surface area contributed by atoms with E-state index in [9.17, 15) is 0 Å². The van der Waals surface area contributed by atoms with Crippen molar-refractivity contribution in [1.29, 1.82) is 0 Å². The van der Waals surface area contributed by atoms with Gasteiger partial charge in [-0.05, 0) is 42.3 Å². The molecule has 0 N–H and O–H groups in total. The zero-order valence-electron chi connectivity index (χ0n) is 10.7. The number of hydrogen-bond donors (Lipinski definition) is 0. The lowest BCUT2D eigenvalue weighted by molar-refractivity contribution is 0.340. The van der Waals surface area contributed by atoms with E-state index in [1.165, 1.54) is 0 Å². The molecule has 0 aliphatic carbocycles. The van der Waals surface area contributed by atoms with Crippen molar-refractivity contribution in [2.24, 2.45) is 0 Å². The van der Waals surface area contributed by atoms with Crippen LogP contribution < -0.4 is 4.74 Å². The molecule has 5 heteroatoms. The SMILES string of the molecule is CCOc1ccc(C(Cl)c2ccc(Cl)cc2Br)c(Br)c1. The fourth-order valence-electron chi connectivity index (χ4n) is 1.84. The predicted octanol–water partition coefficient (Wildman–Crippen LogP) is 6.59. The molecule has 1 unspecified atom stereocenters. The van der Waals surface area contributed by atoms with Crippen LogP contribution in [0.5, 0.6) is 5.75 Å². The molecule has 1 atom stereocenters. The highest BCUT2D eigenvalue weighted by Crippen LogP contribution is 2.39. The molecule has 0 saturated heterocycles. The minimum absolute atomic E-state index is 0.272. The van der Waals surface area contributed by atoms with Crippen molar-refractivity contribution in [3.8, 4) is 5.75 Å². The van der Waals surface area contributed by atoms with Crippen LogP contribution in [0.1, 0.15) is 23.4 Å². The van der Waals surface area contributed by atoms with Crippen LogP contribution in [-0.2, 0) is 0 Å². The summed E-state index contributed by atoms with van der Waals surface area (Å²) in [5.41, 5.74) is 1.96. The highest BCUT2D eigenvalue weighted by Gasteiger charge is 2.17. The Labute approximate surface area is 145 Å². The molecule has 0 saturated carbocycles. The largest absolute Gasteiger partial charge is 0.494 e. The minimum atomic E-state index is -0.272. The van der Waals surface area contributed by atoms with Crippen LogP contribution in [0.2, 0.25) is 5.02 Å². The second-order valence-electron chi connectivity index (χ2n) is 4.14. The molecule has 106 valence electrons. The van der Waals surface area contributed by atoms with Crippen LogP contribution >= 0.6 is 55.1 Å². The lowest BCUT2D eigenvalue weighted by Gasteiger charge is -2.15. The monoisotopic (exact) mass is 436 g/mol. The van der Waals surface area contributed by atoms with Crippen LogP contribution in [0.3, 0.4) is 0 Å². The van der Waals surface area contributed by atoms with Gasteiger partial charge in [0.2, 0.25) is 0 Å². The molecule has 0 aliphatic heterocycles. The summed E-state index contributed by atoms with van der Waals surface area (Å²) in [6.07, 6.45) is 0. The normalized spacial score (nSPS) is 12.2. The minimum Gasteiger partial charge on any atom is -0.494 e. The Hall–Kier alpha value is -0.220. The topological polar surface area (TPSA) is 9.23 Å². The van der Waals surface area contributed by atoms with Gasteiger partial charge < -0.3 is 4.74 Å². The quantitative estimate of drug-likeness (QED) is 0.489. The number of hydrogen-bond acceptors (Lipinski definition) is 1. The Morgan fingerprint density at radius 1 is 1.05 bits per heavy atom. The second-order valence-corrected chi connectivity index (χ2v) is 6.73. The summed E-state index contributed by atoms with van der Waals surface area (Å²) in [7, 11) is 0. The highest BCUT2D eigenvalue weighted by atomic mass is 79.9. The molecule has 20 heavy (non-hydrogen) atoms. The van der Waals surface area contributed by atoms with Gasteiger partial charge in [0.05, 0.1) is 12.0 Å². The van der Waals surface area contributed by atoms with Crippen LogP contribution in [-0.4, -0.2) is 6.61 Å². The standard InChI is InChI=1S/C15H12Br2Cl2O/c1-2-20-10-4-6-12(14(17)8-10)15(19)11-5-3-9(18)7-13(11)16/h3-8,15H,2H2,1H3. The first kappa shape index (κ1) is 16.2. The molecule has 0 heterocycles. The first-order valence-corrected chi connectivity index (χ1v) is 8.44. The van der Waals surface area contributed by atoms with E-state index < -0.39 is 0 Å². The van der Waals surface area contributed by atoms with Crippen molar-refractivity contribution < 1.29 is 4.74 Å². The molecular formula is C15H12Br2Cl2O. The number of halogens is 4. The van der Waals surface area contributed by atoms with Gasteiger partial charge in [-0.3, -0.25) is 0 Å². The number of benzene rings is 2. The first-order chi connectivity index (χ1) is 9.52. The smallest absolute Gasteiger partial charge is 0.120 e. The molecular weight excluding hydrogens is 427 g/mol. The molecule has 0 fully saturated rings. The van der Waals surface area contributed by atoms with Crippen molar-refractivity contribution >= 4 is 55.1 Å². The van der Waals surface area contributed by atoms with E-state index in [4.69, 9.17) is 27.9 Å². The Bertz CT molecular complexity index is 617. The lowest BCUT2D eigenvalue weighted by Crippen LogP contribution is -1.97. The van der Waals surface area contributed by atoms with Gasteiger partial charge in [-0.1, -0.05) is 55.6 Å². The van der Waals surface area contributed by atoms with E-state index in [2.05, 4.69) is 31.9 Å². The summed E-state index contributed by atoms with van der Waals surface area (Å²) < 4.78 is 7.28. The summed E-state index contributed by atoms with van der Waals surface area (Å²) >= 11 is 19.6. The predicted molar refractivity (Wildman–Crippen MR) is 92.2 cm³/mol. The van der Waals surface area contributed by atoms with Crippen molar-refractivity contribution in [3.63, 3.8) is 0 Å². The fourth-order valence-corrected chi connectivity index (χ4v) is 3.99. The fraction of sp³-hybridized carbons (Fsp3) is 0.200. The van der Waals surface area contributed by atoms with Crippen molar-refractivity contribution in [2.75, 3.05) is 6.61 Å². The van der Waals surface area contributed by atoms with Gasteiger partial charge in [-0.25, -0.2) is 0 Å². The molecule has 2 aromatic rings. The maximum absolute atomic E-state index is 6.58. The molecule has 0 aromatic heterocycles. The summed E-state index contributed by atoms with van der Waals surface area (Å²) in [6.45, 7) is 2.59. The Balaban J connectivity index is 2.35. The second kappa shape index (κ2) is 7.17. The number of rotatable bonds is 4. The molecule has 0 spiro atoms. The van der Waals surface area contributed by atoms with E-state index >= 15 is 0 Å². The van der Waals surface area contributed by atoms with E-state index in [0.717, 1.165) is 25.8 Å². The zero-order valence-corrected chi connectivity index (χ0v) is 15.4. The van der Waals surface area contributed by atoms with E-state index in [-0.39, 0.29) is 5.38 Å². The van der Waals surface area contributed by atoms with Crippen LogP contribution in [0.25, 0.3) is 0 Å². The average molecular weight is 439 g/mol. The Morgan fingerprint density at radius 2 is 1.65 bits per heavy atom. The van der Waals surface area contributed by atoms with Crippen LogP contribution in [0, 0.1) is 0 Å². The average Bonchev–Trinajstić information content (AvgIpc) is 2.38. The van der Waals surface area contributed by atoms with Crippen molar-refractivity contribution in [1.82, 2.24) is 0 Å². The Kier molecular flexibility index (Phi) is 5.79. The van der Waals surface area contributed by atoms with Gasteiger partial charge in [-0.15, -0.1) is 11.6 Å². The van der Waals surface area contributed by atoms with Gasteiger partial charge in [0.15, 0.2) is 0 Å². The van der Waals surface area contributed by atoms with E-state index in [1.807, 2.05) is 43.3 Å². The molecule has 0 amide bonds. The maximum atomic E-state index is 6.58. The summed E-state index contributed by atoms with van der Waals surface area (Å²) in [4.78, 5) is 0. The van der Waals surface area contributed by atoms with Gasteiger partial charge in [-0.2, -0.15) is 0 Å². The number of alkyl halides is 1. The molecule has 0 bridgehead atoms. The third-order valence-corrected chi connectivity index (χ3v) is 4.87. The molecule has 2 aromatic carbocycles. The van der Waals surface area contributed by atoms with Gasteiger partial charge in [0, 0.05) is 14.0 Å². The van der Waals surface area contributed by atoms with E-state index in [0.29, 0.717) is 11.6 Å². The van der Waals surface area contributed by atoms with Crippen LogP contribution in [0.4, 0.5) is 0 Å².